The van der Waals surface area contributed by atoms with Crippen LogP contribution in [0.4, 0.5) is 5.13 Å². The van der Waals surface area contributed by atoms with Gasteiger partial charge in [-0.25, -0.2) is 15.0 Å². The molecule has 8 heteroatoms. The standard InChI is InChI=1S/C19H13BrN4O2S/c20-13-5-3-4-12(8-13)16-10-27-19(23-16)24-17(25)9-26-18-14-6-1-2-7-15(14)21-11-22-18/h1-8,10-11H,9H2,(H,23,24,25). The van der Waals surface area contributed by atoms with Gasteiger partial charge in [0, 0.05) is 15.4 Å². The van der Waals surface area contributed by atoms with Gasteiger partial charge in [-0.3, -0.25) is 10.1 Å². The van der Waals surface area contributed by atoms with E-state index in [2.05, 4.69) is 36.2 Å². The molecule has 0 saturated heterocycles. The summed E-state index contributed by atoms with van der Waals surface area (Å²) >= 11 is 4.81. The molecule has 0 saturated carbocycles. The van der Waals surface area contributed by atoms with Crippen molar-refractivity contribution in [2.75, 3.05) is 11.9 Å². The van der Waals surface area contributed by atoms with Crippen LogP contribution < -0.4 is 10.1 Å². The molecular weight excluding hydrogens is 428 g/mol. The summed E-state index contributed by atoms with van der Waals surface area (Å²) in [7, 11) is 0. The second-order valence-electron chi connectivity index (χ2n) is 5.58. The maximum atomic E-state index is 12.2. The summed E-state index contributed by atoms with van der Waals surface area (Å²) in [5.74, 6) is 0.0811. The first-order chi connectivity index (χ1) is 13.2. The second-order valence-corrected chi connectivity index (χ2v) is 7.35. The Morgan fingerprint density at radius 1 is 1.15 bits per heavy atom. The first kappa shape index (κ1) is 17.6. The van der Waals surface area contributed by atoms with Crippen LogP contribution in [0.25, 0.3) is 22.2 Å². The van der Waals surface area contributed by atoms with Crippen molar-refractivity contribution in [3.8, 4) is 17.1 Å². The summed E-state index contributed by atoms with van der Waals surface area (Å²) in [6, 6.07) is 15.3. The zero-order valence-corrected chi connectivity index (χ0v) is 16.3. The highest BCUT2D eigenvalue weighted by Crippen LogP contribution is 2.27. The fraction of sp³-hybridized carbons (Fsp3) is 0.0526. The fourth-order valence-corrected chi connectivity index (χ4v) is 3.63. The van der Waals surface area contributed by atoms with E-state index >= 15 is 0 Å². The molecule has 27 heavy (non-hydrogen) atoms. The third-order valence-electron chi connectivity index (χ3n) is 3.72. The number of carbonyl (C=O) groups excluding carboxylic acids is 1. The summed E-state index contributed by atoms with van der Waals surface area (Å²) in [4.78, 5) is 24.9. The molecule has 4 aromatic rings. The van der Waals surface area contributed by atoms with E-state index in [1.54, 1.807) is 0 Å². The lowest BCUT2D eigenvalue weighted by Gasteiger charge is -2.07. The monoisotopic (exact) mass is 440 g/mol. The third kappa shape index (κ3) is 4.12. The van der Waals surface area contributed by atoms with Crippen LogP contribution in [-0.4, -0.2) is 27.5 Å². The molecule has 0 bridgehead atoms. The van der Waals surface area contributed by atoms with Gasteiger partial charge < -0.3 is 4.74 Å². The number of para-hydroxylation sites is 1. The average Bonchev–Trinajstić information content (AvgIpc) is 3.15. The number of anilines is 1. The molecule has 2 heterocycles. The van der Waals surface area contributed by atoms with Gasteiger partial charge in [0.15, 0.2) is 11.7 Å². The summed E-state index contributed by atoms with van der Waals surface area (Å²) in [5.41, 5.74) is 2.55. The van der Waals surface area contributed by atoms with Crippen LogP contribution in [0.1, 0.15) is 0 Å². The lowest BCUT2D eigenvalue weighted by Crippen LogP contribution is -2.20. The number of nitrogens with one attached hydrogen (secondary N) is 1. The number of hydrogen-bond donors (Lipinski definition) is 1. The van der Waals surface area contributed by atoms with E-state index in [-0.39, 0.29) is 12.5 Å². The zero-order chi connectivity index (χ0) is 18.6. The fourth-order valence-electron chi connectivity index (χ4n) is 2.50. The smallest absolute Gasteiger partial charge is 0.264 e. The van der Waals surface area contributed by atoms with E-state index in [1.807, 2.05) is 53.9 Å². The first-order valence-electron chi connectivity index (χ1n) is 8.03. The average molecular weight is 441 g/mol. The lowest BCUT2D eigenvalue weighted by molar-refractivity contribution is -0.118. The molecule has 2 aromatic heterocycles. The van der Waals surface area contributed by atoms with Crippen molar-refractivity contribution in [2.24, 2.45) is 0 Å². The Bertz CT molecular complexity index is 1110. The van der Waals surface area contributed by atoms with Gasteiger partial charge in [-0.05, 0) is 24.3 Å². The summed E-state index contributed by atoms with van der Waals surface area (Å²) in [6.45, 7) is -0.160. The maximum Gasteiger partial charge on any atom is 0.264 e. The molecule has 0 spiro atoms. The number of fused-ring (bicyclic) bond motifs is 1. The van der Waals surface area contributed by atoms with Crippen LogP contribution in [0, 0.1) is 0 Å². The molecule has 2 aromatic carbocycles. The Labute approximate surface area is 167 Å². The van der Waals surface area contributed by atoms with Crippen molar-refractivity contribution < 1.29 is 9.53 Å². The van der Waals surface area contributed by atoms with Gasteiger partial charge in [0.25, 0.3) is 5.91 Å². The van der Waals surface area contributed by atoms with Gasteiger partial charge in [-0.2, -0.15) is 0 Å². The third-order valence-corrected chi connectivity index (χ3v) is 4.97. The van der Waals surface area contributed by atoms with Crippen molar-refractivity contribution >= 4 is 49.2 Å². The maximum absolute atomic E-state index is 12.2. The molecule has 0 aliphatic heterocycles. The molecule has 0 aliphatic rings. The number of hydrogen-bond acceptors (Lipinski definition) is 6. The molecule has 6 nitrogen and oxygen atoms in total. The van der Waals surface area contributed by atoms with Gasteiger partial charge in [0.1, 0.15) is 6.33 Å². The van der Waals surface area contributed by atoms with Gasteiger partial charge >= 0.3 is 0 Å². The van der Waals surface area contributed by atoms with Gasteiger partial charge in [0.2, 0.25) is 5.88 Å². The molecule has 1 N–H and O–H groups in total. The van der Waals surface area contributed by atoms with Crippen molar-refractivity contribution in [2.45, 2.75) is 0 Å². The highest BCUT2D eigenvalue weighted by atomic mass is 79.9. The van der Waals surface area contributed by atoms with Crippen LogP contribution in [0.5, 0.6) is 5.88 Å². The van der Waals surface area contributed by atoms with Crippen LogP contribution in [0.2, 0.25) is 0 Å². The lowest BCUT2D eigenvalue weighted by atomic mass is 10.2. The van der Waals surface area contributed by atoms with E-state index < -0.39 is 0 Å². The molecule has 0 fully saturated rings. The van der Waals surface area contributed by atoms with E-state index in [1.165, 1.54) is 17.7 Å². The van der Waals surface area contributed by atoms with Gasteiger partial charge in [0.05, 0.1) is 16.6 Å². The number of thiazole rings is 1. The van der Waals surface area contributed by atoms with Crippen molar-refractivity contribution in [3.05, 3.63) is 64.7 Å². The number of rotatable bonds is 5. The number of aromatic nitrogens is 3. The number of ether oxygens (including phenoxy) is 1. The van der Waals surface area contributed by atoms with Crippen LogP contribution in [0.15, 0.2) is 64.7 Å². The Kier molecular flexibility index (Phi) is 5.08. The topological polar surface area (TPSA) is 77.0 Å². The molecule has 0 radical (unpaired) electrons. The minimum atomic E-state index is -0.298. The normalized spacial score (nSPS) is 10.7. The van der Waals surface area contributed by atoms with E-state index in [9.17, 15) is 4.79 Å². The van der Waals surface area contributed by atoms with E-state index in [0.717, 1.165) is 26.6 Å². The van der Waals surface area contributed by atoms with Crippen molar-refractivity contribution in [3.63, 3.8) is 0 Å². The number of carbonyl (C=O) groups is 1. The molecule has 1 amide bonds. The predicted octanol–water partition coefficient (Wildman–Crippen LogP) is 4.53. The second kappa shape index (κ2) is 7.81. The largest absolute Gasteiger partial charge is 0.467 e. The summed E-state index contributed by atoms with van der Waals surface area (Å²) in [5, 5.41) is 5.93. The van der Waals surface area contributed by atoms with E-state index in [4.69, 9.17) is 4.74 Å². The molecule has 0 aliphatic carbocycles. The minimum Gasteiger partial charge on any atom is -0.467 e. The molecule has 0 atom stereocenters. The van der Waals surface area contributed by atoms with Crippen LogP contribution in [0.3, 0.4) is 0 Å². The first-order valence-corrected chi connectivity index (χ1v) is 9.70. The summed E-state index contributed by atoms with van der Waals surface area (Å²) in [6.07, 6.45) is 1.42. The Balaban J connectivity index is 1.41. The number of halogens is 1. The Morgan fingerprint density at radius 2 is 2.04 bits per heavy atom. The Morgan fingerprint density at radius 3 is 2.93 bits per heavy atom. The van der Waals surface area contributed by atoms with Gasteiger partial charge in [-0.1, -0.05) is 40.2 Å². The molecular formula is C19H13BrN4O2S. The SMILES string of the molecule is O=C(COc1ncnc2ccccc12)Nc1nc(-c2cccc(Br)c2)cs1. The molecule has 134 valence electrons. The molecule has 4 rings (SSSR count). The number of benzene rings is 2. The number of nitrogens with zero attached hydrogens (tertiary/aromatic N) is 3. The van der Waals surface area contributed by atoms with Crippen molar-refractivity contribution in [1.29, 1.82) is 0 Å². The van der Waals surface area contributed by atoms with Crippen LogP contribution in [-0.2, 0) is 4.79 Å². The van der Waals surface area contributed by atoms with Gasteiger partial charge in [-0.15, -0.1) is 11.3 Å². The quantitative estimate of drug-likeness (QED) is 0.493. The van der Waals surface area contributed by atoms with Crippen molar-refractivity contribution in [1.82, 2.24) is 15.0 Å². The van der Waals surface area contributed by atoms with E-state index in [0.29, 0.717) is 11.0 Å². The number of amides is 1. The highest BCUT2D eigenvalue weighted by molar-refractivity contribution is 9.10. The summed E-state index contributed by atoms with van der Waals surface area (Å²) < 4.78 is 6.54. The predicted molar refractivity (Wildman–Crippen MR) is 109 cm³/mol. The minimum absolute atomic E-state index is 0.160. The molecule has 0 unspecified atom stereocenters. The highest BCUT2D eigenvalue weighted by Gasteiger charge is 2.11. The van der Waals surface area contributed by atoms with Crippen LogP contribution >= 0.6 is 27.3 Å². The zero-order valence-electron chi connectivity index (χ0n) is 13.9. The Hall–Kier alpha value is -2.84.